The average Bonchev–Trinajstić information content (AvgIpc) is 2.83. The number of anilines is 1. The van der Waals surface area contributed by atoms with Crippen molar-refractivity contribution in [2.24, 2.45) is 0 Å². The summed E-state index contributed by atoms with van der Waals surface area (Å²) >= 11 is 1.15. The highest BCUT2D eigenvalue weighted by molar-refractivity contribution is 7.90. The SMILES string of the molecule is CC1CCCCN1S(=O)(=O)Nc1ncc(C#CCO)s1. The molecule has 0 radical (unpaired) electrons. The normalized spacial score (nSPS) is 20.2. The summed E-state index contributed by atoms with van der Waals surface area (Å²) in [5, 5.41) is 8.91. The van der Waals surface area contributed by atoms with Gasteiger partial charge in [-0.3, -0.25) is 0 Å². The zero-order chi connectivity index (χ0) is 14.6. The van der Waals surface area contributed by atoms with Crippen molar-refractivity contribution in [3.8, 4) is 11.8 Å². The molecule has 0 saturated carbocycles. The zero-order valence-electron chi connectivity index (χ0n) is 11.2. The second-order valence-corrected chi connectivity index (χ2v) is 7.21. The molecule has 6 nitrogen and oxygen atoms in total. The van der Waals surface area contributed by atoms with Crippen LogP contribution in [0.3, 0.4) is 0 Å². The van der Waals surface area contributed by atoms with Crippen molar-refractivity contribution in [2.45, 2.75) is 32.2 Å². The summed E-state index contributed by atoms with van der Waals surface area (Å²) in [7, 11) is -3.56. The van der Waals surface area contributed by atoms with E-state index in [-0.39, 0.29) is 12.6 Å². The summed E-state index contributed by atoms with van der Waals surface area (Å²) in [6.45, 7) is 2.22. The first-order chi connectivity index (χ1) is 9.53. The molecule has 0 aliphatic carbocycles. The Bertz CT molecular complexity index is 615. The highest BCUT2D eigenvalue weighted by Gasteiger charge is 2.29. The predicted octanol–water partition coefficient (Wildman–Crippen LogP) is 1.02. The number of nitrogens with one attached hydrogen (secondary N) is 1. The lowest BCUT2D eigenvalue weighted by Crippen LogP contribution is -2.44. The van der Waals surface area contributed by atoms with Gasteiger partial charge in [0.05, 0.1) is 11.1 Å². The molecule has 1 atom stereocenters. The van der Waals surface area contributed by atoms with Gasteiger partial charge in [0, 0.05) is 12.6 Å². The fourth-order valence-corrected chi connectivity index (χ4v) is 4.47. The number of thiazole rings is 1. The zero-order valence-corrected chi connectivity index (χ0v) is 12.8. The Kier molecular flexibility index (Phi) is 4.99. The molecule has 2 heterocycles. The first kappa shape index (κ1) is 15.3. The molecule has 1 fully saturated rings. The van der Waals surface area contributed by atoms with Crippen LogP contribution in [0.2, 0.25) is 0 Å². The van der Waals surface area contributed by atoms with Crippen LogP contribution in [0.1, 0.15) is 31.1 Å². The summed E-state index contributed by atoms with van der Waals surface area (Å²) in [6, 6.07) is 0.00913. The summed E-state index contributed by atoms with van der Waals surface area (Å²) in [4.78, 5) is 4.61. The Morgan fingerprint density at radius 1 is 1.60 bits per heavy atom. The summed E-state index contributed by atoms with van der Waals surface area (Å²) in [5.41, 5.74) is 0. The second kappa shape index (κ2) is 6.54. The van der Waals surface area contributed by atoms with Gasteiger partial charge < -0.3 is 5.11 Å². The van der Waals surface area contributed by atoms with E-state index >= 15 is 0 Å². The minimum atomic E-state index is -3.56. The van der Waals surface area contributed by atoms with E-state index in [1.807, 2.05) is 6.92 Å². The smallest absolute Gasteiger partial charge is 0.303 e. The highest BCUT2D eigenvalue weighted by atomic mass is 32.2. The van der Waals surface area contributed by atoms with E-state index in [1.54, 1.807) is 0 Å². The molecule has 20 heavy (non-hydrogen) atoms. The molecular formula is C12H17N3O3S2. The van der Waals surface area contributed by atoms with Crippen LogP contribution >= 0.6 is 11.3 Å². The molecule has 110 valence electrons. The van der Waals surface area contributed by atoms with Crippen molar-refractivity contribution in [2.75, 3.05) is 17.9 Å². The molecule has 1 aromatic heterocycles. The van der Waals surface area contributed by atoms with E-state index in [9.17, 15) is 8.42 Å². The summed E-state index contributed by atoms with van der Waals surface area (Å²) < 4.78 is 28.6. The van der Waals surface area contributed by atoms with Crippen molar-refractivity contribution < 1.29 is 13.5 Å². The van der Waals surface area contributed by atoms with Gasteiger partial charge in [-0.05, 0) is 19.8 Å². The third-order valence-electron chi connectivity index (χ3n) is 3.06. The number of rotatable bonds is 3. The molecule has 1 aliphatic rings. The van der Waals surface area contributed by atoms with Gasteiger partial charge in [0.2, 0.25) is 0 Å². The first-order valence-electron chi connectivity index (χ1n) is 6.38. The van der Waals surface area contributed by atoms with Gasteiger partial charge in [0.15, 0.2) is 5.13 Å². The lowest BCUT2D eigenvalue weighted by atomic mass is 10.1. The fourth-order valence-electron chi connectivity index (χ4n) is 2.10. The largest absolute Gasteiger partial charge is 0.384 e. The molecule has 2 N–H and O–H groups in total. The van der Waals surface area contributed by atoms with Crippen LogP contribution in [0.15, 0.2) is 6.20 Å². The van der Waals surface area contributed by atoms with E-state index < -0.39 is 10.2 Å². The average molecular weight is 315 g/mol. The maximum absolute atomic E-state index is 12.3. The van der Waals surface area contributed by atoms with E-state index in [4.69, 9.17) is 5.11 Å². The van der Waals surface area contributed by atoms with E-state index in [1.165, 1.54) is 10.5 Å². The monoisotopic (exact) mass is 315 g/mol. The summed E-state index contributed by atoms with van der Waals surface area (Å²) in [6.07, 6.45) is 4.32. The number of aliphatic hydroxyl groups is 1. The molecule has 0 spiro atoms. The molecule has 0 aromatic carbocycles. The Balaban J connectivity index is 2.09. The number of nitrogens with zero attached hydrogens (tertiary/aromatic N) is 2. The Morgan fingerprint density at radius 3 is 3.10 bits per heavy atom. The van der Waals surface area contributed by atoms with E-state index in [0.29, 0.717) is 16.6 Å². The van der Waals surface area contributed by atoms with Gasteiger partial charge in [-0.25, -0.2) is 9.71 Å². The third-order valence-corrected chi connectivity index (χ3v) is 5.63. The Hall–Kier alpha value is -1.14. The standard InChI is InChI=1S/C12H17N3O3S2/c1-10-5-2-3-7-15(10)20(17,18)14-12-13-9-11(19-12)6-4-8-16/h9-10,16H,2-3,5,7-8H2,1H3,(H,13,14). The van der Waals surface area contributed by atoms with Crippen molar-refractivity contribution in [3.05, 3.63) is 11.1 Å². The lowest BCUT2D eigenvalue weighted by Gasteiger charge is -2.31. The van der Waals surface area contributed by atoms with Crippen LogP contribution < -0.4 is 4.72 Å². The molecular weight excluding hydrogens is 298 g/mol. The van der Waals surface area contributed by atoms with Crippen molar-refractivity contribution >= 4 is 26.7 Å². The van der Waals surface area contributed by atoms with E-state index in [2.05, 4.69) is 21.5 Å². The molecule has 1 aromatic rings. The molecule has 1 unspecified atom stereocenters. The number of aromatic nitrogens is 1. The minimum Gasteiger partial charge on any atom is -0.384 e. The second-order valence-electron chi connectivity index (χ2n) is 4.55. The molecule has 1 aliphatic heterocycles. The van der Waals surface area contributed by atoms with Crippen LogP contribution in [-0.4, -0.2) is 42.0 Å². The highest BCUT2D eigenvalue weighted by Crippen LogP contribution is 2.23. The van der Waals surface area contributed by atoms with Crippen LogP contribution in [0.5, 0.6) is 0 Å². The van der Waals surface area contributed by atoms with E-state index in [0.717, 1.165) is 30.6 Å². The number of aliphatic hydroxyl groups excluding tert-OH is 1. The van der Waals surface area contributed by atoms with Crippen molar-refractivity contribution in [1.82, 2.24) is 9.29 Å². The quantitative estimate of drug-likeness (QED) is 0.816. The third kappa shape index (κ3) is 3.70. The predicted molar refractivity (Wildman–Crippen MR) is 78.6 cm³/mol. The van der Waals surface area contributed by atoms with Crippen molar-refractivity contribution in [3.63, 3.8) is 0 Å². The minimum absolute atomic E-state index is 0.00913. The maximum atomic E-state index is 12.3. The fraction of sp³-hybridized carbons (Fsp3) is 0.583. The van der Waals surface area contributed by atoms with Gasteiger partial charge in [-0.2, -0.15) is 12.7 Å². The van der Waals surface area contributed by atoms with Crippen LogP contribution in [0.4, 0.5) is 5.13 Å². The first-order valence-corrected chi connectivity index (χ1v) is 8.64. The van der Waals surface area contributed by atoms with Crippen LogP contribution in [0, 0.1) is 11.8 Å². The molecule has 0 bridgehead atoms. The Morgan fingerprint density at radius 2 is 2.40 bits per heavy atom. The summed E-state index contributed by atoms with van der Waals surface area (Å²) in [5.74, 6) is 5.20. The van der Waals surface area contributed by atoms with Crippen LogP contribution in [0.25, 0.3) is 0 Å². The van der Waals surface area contributed by atoms with Crippen LogP contribution in [-0.2, 0) is 10.2 Å². The molecule has 0 amide bonds. The van der Waals surface area contributed by atoms with Gasteiger partial charge in [0.1, 0.15) is 6.61 Å². The molecule has 2 rings (SSSR count). The van der Waals surface area contributed by atoms with Gasteiger partial charge >= 0.3 is 10.2 Å². The molecule has 1 saturated heterocycles. The maximum Gasteiger partial charge on any atom is 0.303 e. The van der Waals surface area contributed by atoms with Crippen molar-refractivity contribution in [1.29, 1.82) is 0 Å². The van der Waals surface area contributed by atoms with Gasteiger partial charge in [-0.15, -0.1) is 0 Å². The number of hydrogen-bond donors (Lipinski definition) is 2. The van der Waals surface area contributed by atoms with Gasteiger partial charge in [0.25, 0.3) is 0 Å². The molecule has 8 heteroatoms. The number of hydrogen-bond acceptors (Lipinski definition) is 5. The topological polar surface area (TPSA) is 82.5 Å². The lowest BCUT2D eigenvalue weighted by molar-refractivity contribution is 0.270. The van der Waals surface area contributed by atoms with Gasteiger partial charge in [-0.1, -0.05) is 29.6 Å². The Labute approximate surface area is 123 Å². The number of piperidine rings is 1.